The van der Waals surface area contributed by atoms with Gasteiger partial charge in [-0.25, -0.2) is 4.98 Å². The van der Waals surface area contributed by atoms with Crippen molar-refractivity contribution in [3.05, 3.63) is 47.8 Å². The Balaban J connectivity index is 1.55. The zero-order valence-corrected chi connectivity index (χ0v) is 12.4. The summed E-state index contributed by atoms with van der Waals surface area (Å²) >= 11 is 0. The molecule has 2 N–H and O–H groups in total. The molecule has 2 aromatic heterocycles. The van der Waals surface area contributed by atoms with Gasteiger partial charge in [-0.2, -0.15) is 0 Å². The second kappa shape index (κ2) is 6.37. The number of nitrogens with zero attached hydrogens (tertiary/aromatic N) is 3. The lowest BCUT2D eigenvalue weighted by atomic mass is 9.90. The highest BCUT2D eigenvalue weighted by molar-refractivity contribution is 5.21. The second-order valence-corrected chi connectivity index (χ2v) is 5.83. The SMILES string of the molecule is Cc1ccncc1CN1CCC(C(O)c2ncc[nH]2)CC1. The lowest BCUT2D eigenvalue weighted by Gasteiger charge is -2.33. The Hall–Kier alpha value is -1.72. The fourth-order valence-corrected chi connectivity index (χ4v) is 2.99. The predicted molar refractivity (Wildman–Crippen MR) is 80.5 cm³/mol. The van der Waals surface area contributed by atoms with Gasteiger partial charge in [-0.05, 0) is 56.0 Å². The van der Waals surface area contributed by atoms with Gasteiger partial charge in [0.1, 0.15) is 11.9 Å². The number of aromatic amines is 1. The van der Waals surface area contributed by atoms with Crippen LogP contribution in [0.4, 0.5) is 0 Å². The van der Waals surface area contributed by atoms with Gasteiger partial charge >= 0.3 is 0 Å². The summed E-state index contributed by atoms with van der Waals surface area (Å²) in [4.78, 5) is 13.8. The van der Waals surface area contributed by atoms with E-state index in [1.54, 1.807) is 12.4 Å². The number of aliphatic hydroxyl groups excluding tert-OH is 1. The third-order valence-corrected chi connectivity index (χ3v) is 4.42. The van der Waals surface area contributed by atoms with Crippen LogP contribution in [0, 0.1) is 12.8 Å². The van der Waals surface area contributed by atoms with E-state index < -0.39 is 6.10 Å². The minimum atomic E-state index is -0.470. The summed E-state index contributed by atoms with van der Waals surface area (Å²) in [6, 6.07) is 2.06. The summed E-state index contributed by atoms with van der Waals surface area (Å²) in [6.07, 6.45) is 8.78. The van der Waals surface area contributed by atoms with E-state index in [0.717, 1.165) is 32.5 Å². The maximum absolute atomic E-state index is 10.3. The summed E-state index contributed by atoms with van der Waals surface area (Å²) < 4.78 is 0. The van der Waals surface area contributed by atoms with E-state index in [1.165, 1.54) is 11.1 Å². The molecule has 5 nitrogen and oxygen atoms in total. The molecule has 21 heavy (non-hydrogen) atoms. The maximum atomic E-state index is 10.3. The predicted octanol–water partition coefficient (Wildman–Crippen LogP) is 2.06. The number of rotatable bonds is 4. The lowest BCUT2D eigenvalue weighted by molar-refractivity contribution is 0.0514. The molecule has 112 valence electrons. The van der Waals surface area contributed by atoms with Crippen LogP contribution < -0.4 is 0 Å². The smallest absolute Gasteiger partial charge is 0.135 e. The number of aryl methyl sites for hydroxylation is 1. The third-order valence-electron chi connectivity index (χ3n) is 4.42. The number of H-pyrrole nitrogens is 1. The largest absolute Gasteiger partial charge is 0.385 e. The molecule has 1 saturated heterocycles. The molecule has 1 fully saturated rings. The van der Waals surface area contributed by atoms with E-state index in [0.29, 0.717) is 11.7 Å². The van der Waals surface area contributed by atoms with Crippen LogP contribution in [0.1, 0.15) is 35.9 Å². The van der Waals surface area contributed by atoms with Crippen LogP contribution in [0.3, 0.4) is 0 Å². The lowest BCUT2D eigenvalue weighted by Crippen LogP contribution is -2.35. The molecule has 0 bridgehead atoms. The molecular formula is C16H22N4O. The Bertz CT molecular complexity index is 561. The molecule has 0 amide bonds. The molecule has 5 heteroatoms. The Morgan fingerprint density at radius 2 is 2.19 bits per heavy atom. The molecule has 1 atom stereocenters. The summed E-state index contributed by atoms with van der Waals surface area (Å²) in [6.45, 7) is 5.10. The van der Waals surface area contributed by atoms with E-state index >= 15 is 0 Å². The summed E-state index contributed by atoms with van der Waals surface area (Å²) in [5, 5.41) is 10.3. The van der Waals surface area contributed by atoms with Crippen molar-refractivity contribution < 1.29 is 5.11 Å². The van der Waals surface area contributed by atoms with Crippen LogP contribution in [-0.2, 0) is 6.54 Å². The average Bonchev–Trinajstić information content (AvgIpc) is 3.04. The molecule has 3 heterocycles. The molecule has 0 saturated carbocycles. The first-order valence-corrected chi connectivity index (χ1v) is 7.53. The van der Waals surface area contributed by atoms with Crippen LogP contribution >= 0.6 is 0 Å². The second-order valence-electron chi connectivity index (χ2n) is 5.83. The van der Waals surface area contributed by atoms with Gasteiger partial charge < -0.3 is 10.1 Å². The van der Waals surface area contributed by atoms with E-state index in [-0.39, 0.29) is 0 Å². The quantitative estimate of drug-likeness (QED) is 0.903. The van der Waals surface area contributed by atoms with Crippen molar-refractivity contribution in [2.45, 2.75) is 32.4 Å². The van der Waals surface area contributed by atoms with E-state index in [1.807, 2.05) is 12.4 Å². The third kappa shape index (κ3) is 3.31. The summed E-state index contributed by atoms with van der Waals surface area (Å²) in [7, 11) is 0. The van der Waals surface area contributed by atoms with E-state index in [9.17, 15) is 5.11 Å². The zero-order chi connectivity index (χ0) is 14.7. The topological polar surface area (TPSA) is 65.0 Å². The molecule has 1 aliphatic heterocycles. The minimum absolute atomic E-state index is 0.294. The number of hydrogen-bond donors (Lipinski definition) is 2. The van der Waals surface area contributed by atoms with Gasteiger partial charge in [-0.1, -0.05) is 0 Å². The average molecular weight is 286 g/mol. The Labute approximate surface area is 125 Å². The molecule has 1 unspecified atom stereocenters. The standard InChI is InChI=1S/C16H22N4O/c1-12-2-5-17-10-14(12)11-20-8-3-13(4-9-20)15(21)16-18-6-7-19-16/h2,5-7,10,13,15,21H,3-4,8-9,11H2,1H3,(H,18,19). The molecule has 0 aliphatic carbocycles. The van der Waals surface area contributed by atoms with Crippen molar-refractivity contribution in [1.82, 2.24) is 19.9 Å². The Morgan fingerprint density at radius 3 is 2.86 bits per heavy atom. The van der Waals surface area contributed by atoms with Crippen LogP contribution in [-0.4, -0.2) is 38.0 Å². The van der Waals surface area contributed by atoms with Gasteiger partial charge in [0.05, 0.1) is 0 Å². The minimum Gasteiger partial charge on any atom is -0.385 e. The first-order chi connectivity index (χ1) is 10.2. The van der Waals surface area contributed by atoms with Crippen molar-refractivity contribution >= 4 is 0 Å². The molecule has 0 aromatic carbocycles. The highest BCUT2D eigenvalue weighted by Gasteiger charge is 2.27. The molecule has 0 spiro atoms. The molecule has 0 radical (unpaired) electrons. The summed E-state index contributed by atoms with van der Waals surface area (Å²) in [5.74, 6) is 0.985. The normalized spacial score (nSPS) is 18.8. The fourth-order valence-electron chi connectivity index (χ4n) is 2.99. The number of likely N-dealkylation sites (tertiary alicyclic amines) is 1. The number of pyridine rings is 1. The first-order valence-electron chi connectivity index (χ1n) is 7.53. The van der Waals surface area contributed by atoms with Crippen LogP contribution in [0.2, 0.25) is 0 Å². The first kappa shape index (κ1) is 14.2. The molecule has 1 aliphatic rings. The molecule has 3 rings (SSSR count). The van der Waals surface area contributed by atoms with Crippen molar-refractivity contribution in [3.8, 4) is 0 Å². The zero-order valence-electron chi connectivity index (χ0n) is 12.4. The number of imidazole rings is 1. The monoisotopic (exact) mass is 286 g/mol. The van der Waals surface area contributed by atoms with Crippen LogP contribution in [0.5, 0.6) is 0 Å². The van der Waals surface area contributed by atoms with Gasteiger partial charge in [0.15, 0.2) is 0 Å². The number of piperidine rings is 1. The molecule has 2 aromatic rings. The van der Waals surface area contributed by atoms with Crippen molar-refractivity contribution in [1.29, 1.82) is 0 Å². The number of aromatic nitrogens is 3. The van der Waals surface area contributed by atoms with Gasteiger partial charge in [0.2, 0.25) is 0 Å². The van der Waals surface area contributed by atoms with Gasteiger partial charge in [0, 0.05) is 31.3 Å². The van der Waals surface area contributed by atoms with Gasteiger partial charge in [-0.15, -0.1) is 0 Å². The highest BCUT2D eigenvalue weighted by Crippen LogP contribution is 2.29. The van der Waals surface area contributed by atoms with E-state index in [2.05, 4.69) is 32.8 Å². The Kier molecular flexibility index (Phi) is 4.31. The molecular weight excluding hydrogens is 264 g/mol. The van der Waals surface area contributed by atoms with Crippen molar-refractivity contribution in [2.24, 2.45) is 5.92 Å². The van der Waals surface area contributed by atoms with Crippen molar-refractivity contribution in [3.63, 3.8) is 0 Å². The number of hydrogen-bond acceptors (Lipinski definition) is 4. The number of aliphatic hydroxyl groups is 1. The highest BCUT2D eigenvalue weighted by atomic mass is 16.3. The van der Waals surface area contributed by atoms with Crippen LogP contribution in [0.25, 0.3) is 0 Å². The maximum Gasteiger partial charge on any atom is 0.135 e. The number of nitrogens with one attached hydrogen (secondary N) is 1. The van der Waals surface area contributed by atoms with Gasteiger partial charge in [-0.3, -0.25) is 9.88 Å². The van der Waals surface area contributed by atoms with Gasteiger partial charge in [0.25, 0.3) is 0 Å². The summed E-state index contributed by atoms with van der Waals surface area (Å²) in [5.41, 5.74) is 2.59. The fraction of sp³-hybridized carbons (Fsp3) is 0.500. The Morgan fingerprint density at radius 1 is 1.38 bits per heavy atom. The van der Waals surface area contributed by atoms with E-state index in [4.69, 9.17) is 0 Å². The van der Waals surface area contributed by atoms with Crippen LogP contribution in [0.15, 0.2) is 30.9 Å². The van der Waals surface area contributed by atoms with Crippen molar-refractivity contribution in [2.75, 3.05) is 13.1 Å².